The van der Waals surface area contributed by atoms with Crippen molar-refractivity contribution in [1.82, 2.24) is 0 Å². The van der Waals surface area contributed by atoms with Gasteiger partial charge in [-0.1, -0.05) is 30.4 Å². The molecule has 0 aromatic heterocycles. The largest absolute Gasteiger partial charge is 0.298 e. The molecule has 0 unspecified atom stereocenters. The topological polar surface area (TPSA) is 17.1 Å². The van der Waals surface area contributed by atoms with Crippen LogP contribution in [-0.2, 0) is 4.79 Å². The smallest absolute Gasteiger partial charge is 0.145 e. The third-order valence-corrected chi connectivity index (χ3v) is 2.08. The summed E-state index contributed by atoms with van der Waals surface area (Å²) >= 11 is 0. The second-order valence-corrected chi connectivity index (χ2v) is 3.56. The van der Waals surface area contributed by atoms with Crippen molar-refractivity contribution in [2.75, 3.05) is 0 Å². The lowest BCUT2D eigenvalue weighted by molar-refractivity contribution is -0.104. The van der Waals surface area contributed by atoms with Crippen molar-refractivity contribution in [1.29, 1.82) is 0 Å². The lowest BCUT2D eigenvalue weighted by Crippen LogP contribution is -1.80. The van der Waals surface area contributed by atoms with Gasteiger partial charge in [0.1, 0.15) is 6.29 Å². The van der Waals surface area contributed by atoms with Gasteiger partial charge in [0.25, 0.3) is 0 Å². The minimum absolute atomic E-state index is 0.836. The van der Waals surface area contributed by atoms with Crippen LogP contribution in [0.25, 0.3) is 0 Å². The molecule has 0 aliphatic rings. The van der Waals surface area contributed by atoms with Gasteiger partial charge in [-0.3, -0.25) is 4.79 Å². The van der Waals surface area contributed by atoms with E-state index in [1.54, 1.807) is 0 Å². The number of unbranched alkanes of at least 4 members (excludes halogenated alkanes) is 2. The summed E-state index contributed by atoms with van der Waals surface area (Å²) in [4.78, 5) is 10.3. The first-order chi connectivity index (χ1) is 6.70. The fourth-order valence-electron chi connectivity index (χ4n) is 1.21. The molecule has 0 bridgehead atoms. The highest BCUT2D eigenvalue weighted by Crippen LogP contribution is 2.09. The summed E-state index contributed by atoms with van der Waals surface area (Å²) < 4.78 is 0. The van der Waals surface area contributed by atoms with Crippen LogP contribution in [0.1, 0.15) is 39.5 Å². The van der Waals surface area contributed by atoms with Crippen LogP contribution >= 0.6 is 0 Å². The molecule has 0 saturated heterocycles. The second-order valence-electron chi connectivity index (χ2n) is 3.56. The molecule has 0 aromatic carbocycles. The monoisotopic (exact) mass is 192 g/mol. The summed E-state index contributed by atoms with van der Waals surface area (Å²) in [5, 5.41) is 0. The predicted molar refractivity (Wildman–Crippen MR) is 62.2 cm³/mol. The van der Waals surface area contributed by atoms with Crippen LogP contribution in [-0.4, -0.2) is 6.29 Å². The number of rotatable bonds is 7. The van der Waals surface area contributed by atoms with Crippen molar-refractivity contribution in [3.63, 3.8) is 0 Å². The van der Waals surface area contributed by atoms with E-state index >= 15 is 0 Å². The van der Waals surface area contributed by atoms with Gasteiger partial charge in [-0.05, 0) is 45.1 Å². The van der Waals surface area contributed by atoms with Crippen molar-refractivity contribution in [3.05, 3.63) is 36.0 Å². The van der Waals surface area contributed by atoms with Gasteiger partial charge >= 0.3 is 0 Å². The molecule has 0 aliphatic heterocycles. The van der Waals surface area contributed by atoms with Gasteiger partial charge in [-0.2, -0.15) is 0 Å². The standard InChI is InChI=1S/C13H20O/c1-4-8-12(2)9-6-5-7-10-13(3)11-14/h4,8,10-11H,1,5-7,9H2,2-3H3/b12-8+,13-10+. The highest BCUT2D eigenvalue weighted by Gasteiger charge is 1.90. The molecular weight excluding hydrogens is 172 g/mol. The molecule has 78 valence electrons. The molecule has 0 saturated carbocycles. The second kappa shape index (κ2) is 8.49. The van der Waals surface area contributed by atoms with Crippen molar-refractivity contribution < 1.29 is 4.79 Å². The quantitative estimate of drug-likeness (QED) is 0.259. The Kier molecular flexibility index (Phi) is 7.81. The van der Waals surface area contributed by atoms with Gasteiger partial charge in [0.2, 0.25) is 0 Å². The maximum Gasteiger partial charge on any atom is 0.145 e. The molecular formula is C13H20O. The van der Waals surface area contributed by atoms with Gasteiger partial charge in [-0.25, -0.2) is 0 Å². The molecule has 0 atom stereocenters. The van der Waals surface area contributed by atoms with Gasteiger partial charge in [0.05, 0.1) is 0 Å². The average molecular weight is 192 g/mol. The molecule has 1 nitrogen and oxygen atoms in total. The van der Waals surface area contributed by atoms with Gasteiger partial charge < -0.3 is 0 Å². The first kappa shape index (κ1) is 12.9. The van der Waals surface area contributed by atoms with E-state index in [1.165, 1.54) is 12.0 Å². The Morgan fingerprint density at radius 3 is 2.57 bits per heavy atom. The SMILES string of the molecule is C=C/C=C(\C)CCCC/C=C(\C)C=O. The first-order valence-corrected chi connectivity index (χ1v) is 5.11. The molecule has 0 amide bonds. The van der Waals surface area contributed by atoms with Crippen LogP contribution in [0.3, 0.4) is 0 Å². The van der Waals surface area contributed by atoms with E-state index in [1.807, 2.05) is 25.2 Å². The van der Waals surface area contributed by atoms with Crippen molar-refractivity contribution in [2.24, 2.45) is 0 Å². The zero-order chi connectivity index (χ0) is 10.8. The number of hydrogen-bond acceptors (Lipinski definition) is 1. The highest BCUT2D eigenvalue weighted by molar-refractivity contribution is 5.71. The molecule has 0 N–H and O–H groups in total. The molecule has 0 heterocycles. The average Bonchev–Trinajstić information content (AvgIpc) is 2.17. The minimum atomic E-state index is 0.836. The van der Waals surface area contributed by atoms with Gasteiger partial charge in [0, 0.05) is 0 Å². The van der Waals surface area contributed by atoms with E-state index < -0.39 is 0 Å². The third kappa shape index (κ3) is 7.53. The van der Waals surface area contributed by atoms with E-state index in [4.69, 9.17) is 0 Å². The summed E-state index contributed by atoms with van der Waals surface area (Å²) in [6.07, 6.45) is 11.2. The number of carbonyl (C=O) groups excluding carboxylic acids is 1. The molecule has 1 heteroatoms. The Labute approximate surface area is 87.2 Å². The summed E-state index contributed by atoms with van der Waals surface area (Å²) in [7, 11) is 0. The Bertz CT molecular complexity index is 234. The van der Waals surface area contributed by atoms with E-state index in [-0.39, 0.29) is 0 Å². The van der Waals surface area contributed by atoms with E-state index in [9.17, 15) is 4.79 Å². The summed E-state index contributed by atoms with van der Waals surface area (Å²) in [6, 6.07) is 0. The van der Waals surface area contributed by atoms with Crippen molar-refractivity contribution >= 4 is 6.29 Å². The van der Waals surface area contributed by atoms with E-state index in [0.29, 0.717) is 0 Å². The molecule has 0 fully saturated rings. The highest BCUT2D eigenvalue weighted by atomic mass is 16.1. The van der Waals surface area contributed by atoms with Crippen LogP contribution in [0.5, 0.6) is 0 Å². The van der Waals surface area contributed by atoms with Crippen molar-refractivity contribution in [3.8, 4) is 0 Å². The Hall–Kier alpha value is -1.11. The van der Waals surface area contributed by atoms with Crippen LogP contribution in [0.2, 0.25) is 0 Å². The molecule has 0 aliphatic carbocycles. The molecule has 0 rings (SSSR count). The summed E-state index contributed by atoms with van der Waals surface area (Å²) in [6.45, 7) is 7.62. The Morgan fingerprint density at radius 1 is 1.29 bits per heavy atom. The number of allylic oxidation sites excluding steroid dienone is 5. The fourth-order valence-corrected chi connectivity index (χ4v) is 1.21. The maximum absolute atomic E-state index is 10.3. The number of aldehydes is 1. The van der Waals surface area contributed by atoms with Crippen LogP contribution in [0, 0.1) is 0 Å². The molecule has 14 heavy (non-hydrogen) atoms. The van der Waals surface area contributed by atoms with Crippen LogP contribution < -0.4 is 0 Å². The third-order valence-electron chi connectivity index (χ3n) is 2.08. The Balaban J connectivity index is 3.52. The molecule has 0 aromatic rings. The number of hydrogen-bond donors (Lipinski definition) is 0. The first-order valence-electron chi connectivity index (χ1n) is 5.11. The Morgan fingerprint density at radius 2 is 2.00 bits per heavy atom. The lowest BCUT2D eigenvalue weighted by Gasteiger charge is -1.98. The van der Waals surface area contributed by atoms with Crippen LogP contribution in [0.4, 0.5) is 0 Å². The molecule has 0 radical (unpaired) electrons. The zero-order valence-corrected chi connectivity index (χ0v) is 9.25. The minimum Gasteiger partial charge on any atom is -0.298 e. The summed E-state index contributed by atoms with van der Waals surface area (Å²) in [5.41, 5.74) is 2.21. The van der Waals surface area contributed by atoms with E-state index in [0.717, 1.165) is 31.1 Å². The van der Waals surface area contributed by atoms with Crippen molar-refractivity contribution in [2.45, 2.75) is 39.5 Å². The normalized spacial score (nSPS) is 12.7. The van der Waals surface area contributed by atoms with E-state index in [2.05, 4.69) is 13.5 Å². The van der Waals surface area contributed by atoms with Gasteiger partial charge in [-0.15, -0.1) is 0 Å². The summed E-state index contributed by atoms with van der Waals surface area (Å²) in [5.74, 6) is 0. The lowest BCUT2D eigenvalue weighted by atomic mass is 10.1. The predicted octanol–water partition coefficient (Wildman–Crippen LogP) is 3.82. The maximum atomic E-state index is 10.3. The number of carbonyl (C=O) groups is 1. The molecule has 0 spiro atoms. The van der Waals surface area contributed by atoms with Crippen LogP contribution in [0.15, 0.2) is 36.0 Å². The zero-order valence-electron chi connectivity index (χ0n) is 9.25. The fraction of sp³-hybridized carbons (Fsp3) is 0.462. The van der Waals surface area contributed by atoms with Gasteiger partial charge in [0.15, 0.2) is 0 Å².